The van der Waals surface area contributed by atoms with Crippen LogP contribution < -0.4 is 4.74 Å². The van der Waals surface area contributed by atoms with E-state index in [0.717, 1.165) is 17.3 Å². The van der Waals surface area contributed by atoms with E-state index in [1.54, 1.807) is 18.2 Å². The molecule has 0 bridgehead atoms. The molecule has 1 aromatic carbocycles. The number of carboxylic acids is 1. The second-order valence-corrected chi connectivity index (χ2v) is 7.01. The summed E-state index contributed by atoms with van der Waals surface area (Å²) in [6.45, 7) is 5.84. The van der Waals surface area contributed by atoms with Crippen molar-refractivity contribution < 1.29 is 19.4 Å². The summed E-state index contributed by atoms with van der Waals surface area (Å²) in [7, 11) is 0. The zero-order chi connectivity index (χ0) is 18.4. The van der Waals surface area contributed by atoms with Crippen LogP contribution in [0.5, 0.6) is 5.75 Å². The topological polar surface area (TPSA) is 66.8 Å². The molecule has 1 aliphatic rings. The molecule has 1 N–H and O–H groups in total. The summed E-state index contributed by atoms with van der Waals surface area (Å²) in [4.78, 5) is 25.8. The molecule has 1 unspecified atom stereocenters. The highest BCUT2D eigenvalue weighted by Gasteiger charge is 2.40. The molecule has 2 rings (SSSR count). The average molecular weight is 377 g/mol. The van der Waals surface area contributed by atoms with Crippen molar-refractivity contribution in [2.75, 3.05) is 6.61 Å². The lowest BCUT2D eigenvalue weighted by Crippen LogP contribution is -2.43. The Morgan fingerprint density at radius 3 is 2.84 bits per heavy atom. The first kappa shape index (κ1) is 19.2. The van der Waals surface area contributed by atoms with Crippen molar-refractivity contribution in [1.29, 1.82) is 0 Å². The van der Waals surface area contributed by atoms with E-state index in [9.17, 15) is 14.7 Å². The van der Waals surface area contributed by atoms with Crippen LogP contribution in [-0.4, -0.2) is 38.9 Å². The average Bonchev–Trinajstić information content (AvgIpc) is 2.85. The lowest BCUT2D eigenvalue weighted by atomic mass is 10.1. The first-order valence-electron chi connectivity index (χ1n) is 7.82. The summed E-state index contributed by atoms with van der Waals surface area (Å²) in [5.41, 5.74) is 0.729. The molecule has 0 aliphatic carbocycles. The molecule has 1 atom stereocenters. The van der Waals surface area contributed by atoms with E-state index in [1.165, 1.54) is 4.90 Å². The Balaban J connectivity index is 2.31. The van der Waals surface area contributed by atoms with Gasteiger partial charge in [0, 0.05) is 5.56 Å². The van der Waals surface area contributed by atoms with Crippen molar-refractivity contribution in [3.8, 4) is 5.75 Å². The third-order valence-electron chi connectivity index (χ3n) is 3.54. The summed E-state index contributed by atoms with van der Waals surface area (Å²) in [6.07, 6.45) is 4.32. The van der Waals surface area contributed by atoms with Crippen LogP contribution >= 0.6 is 24.0 Å². The van der Waals surface area contributed by atoms with Crippen LogP contribution in [0.4, 0.5) is 0 Å². The highest BCUT2D eigenvalue weighted by molar-refractivity contribution is 8.26. The number of hydrogen-bond donors (Lipinski definition) is 1. The zero-order valence-electron chi connectivity index (χ0n) is 13.8. The van der Waals surface area contributed by atoms with Gasteiger partial charge in [0.1, 0.15) is 22.7 Å². The number of rotatable bonds is 8. The minimum atomic E-state index is -1.05. The molecule has 1 amide bonds. The minimum Gasteiger partial charge on any atom is -0.489 e. The number of carbonyl (C=O) groups is 2. The molecule has 1 aromatic rings. The van der Waals surface area contributed by atoms with Crippen molar-refractivity contribution in [2.45, 2.75) is 25.8 Å². The largest absolute Gasteiger partial charge is 0.489 e. The van der Waals surface area contributed by atoms with Gasteiger partial charge >= 0.3 is 5.97 Å². The predicted octanol–water partition coefficient (Wildman–Crippen LogP) is 3.71. The van der Waals surface area contributed by atoms with Gasteiger partial charge < -0.3 is 9.84 Å². The van der Waals surface area contributed by atoms with Crippen molar-refractivity contribution in [2.24, 2.45) is 0 Å². The Hall–Kier alpha value is -2.12. The molecule has 0 radical (unpaired) electrons. The first-order chi connectivity index (χ1) is 12.0. The molecular formula is C18H19NO4S2. The number of nitrogens with zero attached hydrogens (tertiary/aromatic N) is 1. The van der Waals surface area contributed by atoms with Gasteiger partial charge in [0.15, 0.2) is 0 Å². The molecule has 0 aromatic heterocycles. The summed E-state index contributed by atoms with van der Waals surface area (Å²) in [6, 6.07) is 6.36. The number of hydrogen-bond acceptors (Lipinski definition) is 5. The van der Waals surface area contributed by atoms with Gasteiger partial charge in [-0.1, -0.05) is 68.2 Å². The van der Waals surface area contributed by atoms with Crippen LogP contribution in [0.1, 0.15) is 25.3 Å². The molecule has 25 heavy (non-hydrogen) atoms. The van der Waals surface area contributed by atoms with Crippen LogP contribution in [0.2, 0.25) is 0 Å². The van der Waals surface area contributed by atoms with Crippen molar-refractivity contribution >= 4 is 46.3 Å². The van der Waals surface area contributed by atoms with Gasteiger partial charge in [0.2, 0.25) is 0 Å². The van der Waals surface area contributed by atoms with E-state index in [2.05, 4.69) is 6.58 Å². The maximum absolute atomic E-state index is 12.7. The molecule has 7 heteroatoms. The highest BCUT2D eigenvalue weighted by atomic mass is 32.2. The van der Waals surface area contributed by atoms with E-state index in [-0.39, 0.29) is 10.2 Å². The van der Waals surface area contributed by atoms with Gasteiger partial charge in [-0.3, -0.25) is 9.69 Å². The van der Waals surface area contributed by atoms with E-state index in [1.807, 2.05) is 25.1 Å². The van der Waals surface area contributed by atoms with Gasteiger partial charge in [-0.2, -0.15) is 0 Å². The minimum absolute atomic E-state index is 0.265. The van der Waals surface area contributed by atoms with Gasteiger partial charge in [-0.25, -0.2) is 4.79 Å². The fourth-order valence-electron chi connectivity index (χ4n) is 2.41. The lowest BCUT2D eigenvalue weighted by molar-refractivity contribution is -0.145. The van der Waals surface area contributed by atoms with Gasteiger partial charge in [0.05, 0.1) is 4.91 Å². The molecule has 1 aliphatic heterocycles. The number of thioether (sulfide) groups is 1. The Bertz CT molecular complexity index is 730. The second kappa shape index (κ2) is 8.82. The molecular weight excluding hydrogens is 358 g/mol. The Morgan fingerprint density at radius 2 is 2.20 bits per heavy atom. The quantitative estimate of drug-likeness (QED) is 0.423. The van der Waals surface area contributed by atoms with Crippen LogP contribution in [0.15, 0.2) is 41.8 Å². The number of ether oxygens (including phenoxy) is 1. The summed E-state index contributed by atoms with van der Waals surface area (Å²) < 4.78 is 5.85. The number of thiocarbonyl (C=S) groups is 1. The van der Waals surface area contributed by atoms with Crippen molar-refractivity contribution in [3.05, 3.63) is 47.4 Å². The predicted molar refractivity (Wildman–Crippen MR) is 103 cm³/mol. The molecule has 0 spiro atoms. The van der Waals surface area contributed by atoms with E-state index in [0.29, 0.717) is 30.1 Å². The van der Waals surface area contributed by atoms with Gasteiger partial charge in [-0.15, -0.1) is 0 Å². The van der Waals surface area contributed by atoms with E-state index >= 15 is 0 Å². The summed E-state index contributed by atoms with van der Waals surface area (Å²) >= 11 is 6.35. The molecule has 1 saturated heterocycles. The molecule has 0 saturated carbocycles. The molecule has 1 fully saturated rings. The van der Waals surface area contributed by atoms with Crippen LogP contribution in [-0.2, 0) is 9.59 Å². The van der Waals surface area contributed by atoms with Crippen molar-refractivity contribution in [3.63, 3.8) is 0 Å². The fraction of sp³-hybridized carbons (Fsp3) is 0.278. The first-order valence-corrected chi connectivity index (χ1v) is 9.04. The van der Waals surface area contributed by atoms with E-state index < -0.39 is 12.0 Å². The smallest absolute Gasteiger partial charge is 0.326 e. The number of carbonyl (C=O) groups excluding carboxylic acids is 1. The normalized spacial score (nSPS) is 17.0. The third-order valence-corrected chi connectivity index (χ3v) is 4.88. The summed E-state index contributed by atoms with van der Waals surface area (Å²) in [5.74, 6) is -0.806. The zero-order valence-corrected chi connectivity index (χ0v) is 15.4. The maximum Gasteiger partial charge on any atom is 0.326 e. The Kier molecular flexibility index (Phi) is 6.78. The van der Waals surface area contributed by atoms with Crippen LogP contribution in [0, 0.1) is 0 Å². The molecule has 5 nitrogen and oxygen atoms in total. The fourth-order valence-corrected chi connectivity index (χ4v) is 3.75. The number of para-hydroxylation sites is 1. The van der Waals surface area contributed by atoms with Crippen molar-refractivity contribution in [1.82, 2.24) is 4.90 Å². The number of benzene rings is 1. The number of carboxylic acid groups (broad SMARTS) is 1. The standard InChI is InChI=1S/C18H19NO4S2/c1-3-7-13(17(21)22)19-16(20)15(25-18(19)24)11-12-8-5-6-9-14(12)23-10-4-2/h4-6,8-9,11,13H,2-3,7,10H2,1H3,(H,21,22)/b15-11-. The monoisotopic (exact) mass is 377 g/mol. The number of aliphatic carboxylic acids is 1. The van der Waals surface area contributed by atoms with Crippen LogP contribution in [0.25, 0.3) is 6.08 Å². The van der Waals surface area contributed by atoms with E-state index in [4.69, 9.17) is 17.0 Å². The molecule has 132 valence electrons. The van der Waals surface area contributed by atoms with Gasteiger partial charge in [0.25, 0.3) is 5.91 Å². The van der Waals surface area contributed by atoms with Crippen LogP contribution in [0.3, 0.4) is 0 Å². The second-order valence-electron chi connectivity index (χ2n) is 5.33. The maximum atomic E-state index is 12.7. The Labute approximate surface area is 156 Å². The lowest BCUT2D eigenvalue weighted by Gasteiger charge is -2.22. The third kappa shape index (κ3) is 4.49. The molecule has 1 heterocycles. The summed E-state index contributed by atoms with van der Waals surface area (Å²) in [5, 5.41) is 9.41. The Morgan fingerprint density at radius 1 is 1.48 bits per heavy atom. The highest BCUT2D eigenvalue weighted by Crippen LogP contribution is 2.36. The van der Waals surface area contributed by atoms with Gasteiger partial charge in [-0.05, 0) is 18.6 Å². The number of amides is 1. The SMILES string of the molecule is C=CCOc1ccccc1/C=C1\SC(=S)N(C(CCC)C(=O)O)C1=O.